The highest BCUT2D eigenvalue weighted by Gasteiger charge is 2.14. The van der Waals surface area contributed by atoms with Crippen LogP contribution in [0.25, 0.3) is 11.5 Å². The number of nitrogens with one attached hydrogen (secondary N) is 2. The van der Waals surface area contributed by atoms with Crippen molar-refractivity contribution in [3.63, 3.8) is 0 Å². The molecule has 2 N–H and O–H groups in total. The van der Waals surface area contributed by atoms with E-state index in [2.05, 4.69) is 70.8 Å². The molecule has 0 saturated carbocycles. The van der Waals surface area contributed by atoms with Crippen LogP contribution in [0.5, 0.6) is 0 Å². The van der Waals surface area contributed by atoms with E-state index >= 15 is 0 Å². The summed E-state index contributed by atoms with van der Waals surface area (Å²) in [5, 5.41) is 6.75. The Morgan fingerprint density at radius 3 is 2.38 bits per heavy atom. The third kappa shape index (κ3) is 5.93. The van der Waals surface area contributed by atoms with Crippen molar-refractivity contribution >= 4 is 5.96 Å². The number of hydrogen-bond acceptors (Lipinski definition) is 4. The second-order valence-corrected chi connectivity index (χ2v) is 6.98. The van der Waals surface area contributed by atoms with E-state index in [9.17, 15) is 0 Å². The van der Waals surface area contributed by atoms with Crippen LogP contribution in [0, 0.1) is 0 Å². The summed E-state index contributed by atoms with van der Waals surface area (Å²) in [6.45, 7) is 4.04. The average Bonchev–Trinajstić information content (AvgIpc) is 3.22. The lowest BCUT2D eigenvalue weighted by Crippen LogP contribution is -2.41. The van der Waals surface area contributed by atoms with Gasteiger partial charge in [0.05, 0.1) is 12.6 Å². The van der Waals surface area contributed by atoms with Gasteiger partial charge in [-0.2, -0.15) is 0 Å². The molecule has 0 radical (unpaired) electrons. The number of nitrogens with zero attached hydrogens (tertiary/aromatic N) is 3. The third-order valence-corrected chi connectivity index (χ3v) is 4.59. The first kappa shape index (κ1) is 20.6. The topological polar surface area (TPSA) is 65.7 Å². The maximum Gasteiger partial charge on any atom is 0.226 e. The first-order valence-corrected chi connectivity index (χ1v) is 9.90. The molecule has 152 valence electrons. The minimum Gasteiger partial charge on any atom is -0.444 e. The standard InChI is InChI=1S/C23H29N5O/c1-4-24-23(26-16-21(28(2)3)18-11-7-5-8-12-18)25-15-20-17-29-22(27-20)19-13-9-6-10-14-19/h5-14,17,21H,4,15-16H2,1-3H3,(H2,24,25,26). The second-order valence-electron chi connectivity index (χ2n) is 6.98. The third-order valence-electron chi connectivity index (χ3n) is 4.59. The Hall–Kier alpha value is -3.12. The number of benzene rings is 2. The van der Waals surface area contributed by atoms with E-state index in [1.54, 1.807) is 6.26 Å². The predicted octanol–water partition coefficient (Wildman–Crippen LogP) is 3.70. The summed E-state index contributed by atoms with van der Waals surface area (Å²) in [5.74, 6) is 1.38. The first-order valence-electron chi connectivity index (χ1n) is 9.90. The fourth-order valence-electron chi connectivity index (χ4n) is 3.06. The molecule has 29 heavy (non-hydrogen) atoms. The van der Waals surface area contributed by atoms with Gasteiger partial charge in [-0.25, -0.2) is 9.98 Å². The van der Waals surface area contributed by atoms with Crippen molar-refractivity contribution in [1.82, 2.24) is 20.5 Å². The van der Waals surface area contributed by atoms with Gasteiger partial charge in [0, 0.05) is 18.7 Å². The van der Waals surface area contributed by atoms with Gasteiger partial charge < -0.3 is 20.0 Å². The summed E-state index contributed by atoms with van der Waals surface area (Å²) in [4.78, 5) is 11.4. The highest BCUT2D eigenvalue weighted by molar-refractivity contribution is 5.79. The molecule has 1 aromatic heterocycles. The molecule has 0 aliphatic heterocycles. The summed E-state index contributed by atoms with van der Waals surface area (Å²) >= 11 is 0. The molecular weight excluding hydrogens is 362 g/mol. The van der Waals surface area contributed by atoms with E-state index < -0.39 is 0 Å². The van der Waals surface area contributed by atoms with Crippen molar-refractivity contribution in [2.75, 3.05) is 27.2 Å². The fourth-order valence-corrected chi connectivity index (χ4v) is 3.06. The van der Waals surface area contributed by atoms with Crippen LogP contribution in [0.15, 0.2) is 76.3 Å². The lowest BCUT2D eigenvalue weighted by Gasteiger charge is -2.26. The molecule has 0 fully saturated rings. The number of rotatable bonds is 8. The predicted molar refractivity (Wildman–Crippen MR) is 118 cm³/mol. The summed E-state index contributed by atoms with van der Waals surface area (Å²) in [7, 11) is 4.17. The largest absolute Gasteiger partial charge is 0.444 e. The fraction of sp³-hybridized carbons (Fsp3) is 0.304. The lowest BCUT2D eigenvalue weighted by molar-refractivity contribution is 0.298. The maximum absolute atomic E-state index is 5.60. The van der Waals surface area contributed by atoms with Gasteiger partial charge in [-0.15, -0.1) is 0 Å². The molecular formula is C23H29N5O. The molecule has 3 aromatic rings. The van der Waals surface area contributed by atoms with Crippen LogP contribution >= 0.6 is 0 Å². The monoisotopic (exact) mass is 391 g/mol. The van der Waals surface area contributed by atoms with E-state index in [4.69, 9.17) is 4.42 Å². The average molecular weight is 392 g/mol. The quantitative estimate of drug-likeness (QED) is 0.453. The number of oxazole rings is 1. The molecule has 0 spiro atoms. The zero-order valence-corrected chi connectivity index (χ0v) is 17.3. The van der Waals surface area contributed by atoms with E-state index in [0.717, 1.165) is 30.3 Å². The van der Waals surface area contributed by atoms with Gasteiger partial charge in [-0.3, -0.25) is 0 Å². The summed E-state index contributed by atoms with van der Waals surface area (Å²) in [5.41, 5.74) is 3.03. The summed E-state index contributed by atoms with van der Waals surface area (Å²) in [6, 6.07) is 20.6. The van der Waals surface area contributed by atoms with Crippen LogP contribution in [0.1, 0.15) is 24.2 Å². The van der Waals surface area contributed by atoms with E-state index in [1.165, 1.54) is 5.56 Å². The Bertz CT molecular complexity index is 890. The van der Waals surface area contributed by atoms with Gasteiger partial charge in [-0.05, 0) is 38.7 Å². The van der Waals surface area contributed by atoms with Gasteiger partial charge in [0.2, 0.25) is 5.89 Å². The van der Waals surface area contributed by atoms with Crippen LogP contribution < -0.4 is 10.6 Å². The Morgan fingerprint density at radius 1 is 1.03 bits per heavy atom. The molecule has 0 bridgehead atoms. The van der Waals surface area contributed by atoms with Crippen molar-refractivity contribution < 1.29 is 4.42 Å². The van der Waals surface area contributed by atoms with Crippen LogP contribution in [0.3, 0.4) is 0 Å². The molecule has 6 nitrogen and oxygen atoms in total. The van der Waals surface area contributed by atoms with Crippen LogP contribution in [0.2, 0.25) is 0 Å². The van der Waals surface area contributed by atoms with Gasteiger partial charge in [-0.1, -0.05) is 48.5 Å². The Labute approximate surface area is 172 Å². The van der Waals surface area contributed by atoms with Crippen LogP contribution in [0.4, 0.5) is 0 Å². The van der Waals surface area contributed by atoms with E-state index in [0.29, 0.717) is 12.4 Å². The highest BCUT2D eigenvalue weighted by Crippen LogP contribution is 2.18. The molecule has 3 rings (SSSR count). The minimum absolute atomic E-state index is 0.247. The van der Waals surface area contributed by atoms with Gasteiger partial charge in [0.1, 0.15) is 12.0 Å². The summed E-state index contributed by atoms with van der Waals surface area (Å²) < 4.78 is 5.60. The van der Waals surface area contributed by atoms with Gasteiger partial charge >= 0.3 is 0 Å². The van der Waals surface area contributed by atoms with Crippen molar-refractivity contribution in [2.45, 2.75) is 19.5 Å². The summed E-state index contributed by atoms with van der Waals surface area (Å²) in [6.07, 6.45) is 1.67. The Kier molecular flexibility index (Phi) is 7.41. The van der Waals surface area contributed by atoms with Crippen LogP contribution in [-0.2, 0) is 6.54 Å². The minimum atomic E-state index is 0.247. The molecule has 0 aliphatic rings. The van der Waals surface area contributed by atoms with Crippen molar-refractivity contribution in [3.8, 4) is 11.5 Å². The maximum atomic E-state index is 5.60. The normalized spacial score (nSPS) is 12.8. The zero-order valence-electron chi connectivity index (χ0n) is 17.3. The number of likely N-dealkylation sites (N-methyl/N-ethyl adjacent to an activating group) is 1. The molecule has 2 aromatic carbocycles. The lowest BCUT2D eigenvalue weighted by atomic mass is 10.1. The highest BCUT2D eigenvalue weighted by atomic mass is 16.3. The first-order chi connectivity index (χ1) is 14.2. The van der Waals surface area contributed by atoms with Crippen molar-refractivity contribution in [3.05, 3.63) is 78.2 Å². The molecule has 0 saturated heterocycles. The Balaban J connectivity index is 1.64. The molecule has 1 heterocycles. The number of guanidine groups is 1. The van der Waals surface area contributed by atoms with Crippen molar-refractivity contribution in [1.29, 1.82) is 0 Å². The van der Waals surface area contributed by atoms with Crippen molar-refractivity contribution in [2.24, 2.45) is 4.99 Å². The van der Waals surface area contributed by atoms with Crippen LogP contribution in [-0.4, -0.2) is 43.0 Å². The Morgan fingerprint density at radius 2 is 1.72 bits per heavy atom. The SMILES string of the molecule is CCNC(=NCc1coc(-c2ccccc2)n1)NCC(c1ccccc1)N(C)C. The zero-order chi connectivity index (χ0) is 20.5. The second kappa shape index (κ2) is 10.4. The van der Waals surface area contributed by atoms with Gasteiger partial charge in [0.15, 0.2) is 5.96 Å². The molecule has 1 unspecified atom stereocenters. The molecule has 0 aliphatic carbocycles. The van der Waals surface area contributed by atoms with Gasteiger partial charge in [0.25, 0.3) is 0 Å². The molecule has 1 atom stereocenters. The smallest absolute Gasteiger partial charge is 0.226 e. The van der Waals surface area contributed by atoms with E-state index in [-0.39, 0.29) is 6.04 Å². The number of aromatic nitrogens is 1. The number of hydrogen-bond donors (Lipinski definition) is 2. The van der Waals surface area contributed by atoms with E-state index in [1.807, 2.05) is 36.4 Å². The number of aliphatic imine (C=N–C) groups is 1. The molecule has 0 amide bonds. The molecule has 6 heteroatoms.